The largest absolute Gasteiger partial charge is 0.360 e. The van der Waals surface area contributed by atoms with Crippen LogP contribution in [0.4, 0.5) is 5.82 Å². The number of hydrogen-bond acceptors (Lipinski definition) is 7. The molecule has 9 heteroatoms. The second-order valence-electron chi connectivity index (χ2n) is 5.40. The third-order valence-corrected chi connectivity index (χ3v) is 5.82. The average Bonchev–Trinajstić information content (AvgIpc) is 3.13. The van der Waals surface area contributed by atoms with E-state index < -0.39 is 0 Å². The summed E-state index contributed by atoms with van der Waals surface area (Å²) in [5, 5.41) is 10.7. The third-order valence-electron chi connectivity index (χ3n) is 3.40. The Balaban J connectivity index is 1.73. The normalized spacial score (nSPS) is 12.1. The van der Waals surface area contributed by atoms with Gasteiger partial charge in [-0.2, -0.15) is 0 Å². The lowest BCUT2D eigenvalue weighted by Crippen LogP contribution is -2.22. The molecule has 0 saturated heterocycles. The van der Waals surface area contributed by atoms with E-state index in [1.54, 1.807) is 17.7 Å². The number of amides is 1. The average molecular weight is 393 g/mol. The lowest BCUT2D eigenvalue weighted by molar-refractivity contribution is -0.115. The van der Waals surface area contributed by atoms with E-state index in [1.807, 2.05) is 38.1 Å². The van der Waals surface area contributed by atoms with E-state index in [9.17, 15) is 4.79 Å². The molecule has 1 amide bonds. The predicted molar refractivity (Wildman–Crippen MR) is 102 cm³/mol. The van der Waals surface area contributed by atoms with Crippen LogP contribution in [-0.2, 0) is 4.79 Å². The SMILES string of the molecule is Cc1cc(NC(=O)[C@H](C)Sc2nn(-c3ccccc3C)c(=S)s2)no1. The molecule has 0 fully saturated rings. The molecule has 0 unspecified atom stereocenters. The number of aromatic nitrogens is 3. The summed E-state index contributed by atoms with van der Waals surface area (Å²) in [6, 6.07) is 9.59. The third kappa shape index (κ3) is 4.17. The van der Waals surface area contributed by atoms with E-state index in [-0.39, 0.29) is 11.2 Å². The number of hydrogen-bond donors (Lipinski definition) is 1. The molecule has 1 aromatic carbocycles. The minimum absolute atomic E-state index is 0.165. The first-order valence-electron chi connectivity index (χ1n) is 7.51. The van der Waals surface area contributed by atoms with Crippen molar-refractivity contribution < 1.29 is 9.32 Å². The van der Waals surface area contributed by atoms with Gasteiger partial charge in [-0.15, -0.1) is 5.10 Å². The van der Waals surface area contributed by atoms with Crippen LogP contribution in [0.2, 0.25) is 0 Å². The highest BCUT2D eigenvalue weighted by atomic mass is 32.2. The van der Waals surface area contributed by atoms with Crippen molar-refractivity contribution in [1.82, 2.24) is 14.9 Å². The van der Waals surface area contributed by atoms with Gasteiger partial charge in [0, 0.05) is 6.07 Å². The van der Waals surface area contributed by atoms with Crippen molar-refractivity contribution >= 4 is 47.0 Å². The molecule has 25 heavy (non-hydrogen) atoms. The molecule has 2 heterocycles. The highest BCUT2D eigenvalue weighted by Crippen LogP contribution is 2.29. The number of benzene rings is 1. The molecular weight excluding hydrogens is 376 g/mol. The van der Waals surface area contributed by atoms with Gasteiger partial charge in [-0.05, 0) is 44.6 Å². The maximum atomic E-state index is 12.3. The summed E-state index contributed by atoms with van der Waals surface area (Å²) < 4.78 is 8.08. The minimum atomic E-state index is -0.345. The summed E-state index contributed by atoms with van der Waals surface area (Å²) in [5.41, 5.74) is 2.04. The van der Waals surface area contributed by atoms with Crippen molar-refractivity contribution in [2.24, 2.45) is 0 Å². The zero-order valence-electron chi connectivity index (χ0n) is 13.8. The van der Waals surface area contributed by atoms with Crippen LogP contribution in [0.15, 0.2) is 39.2 Å². The van der Waals surface area contributed by atoms with Gasteiger partial charge in [-0.1, -0.05) is 46.5 Å². The van der Waals surface area contributed by atoms with Gasteiger partial charge in [-0.25, -0.2) is 4.68 Å². The summed E-state index contributed by atoms with van der Waals surface area (Å²) in [5.74, 6) is 0.889. The van der Waals surface area contributed by atoms with Crippen LogP contribution in [0.25, 0.3) is 5.69 Å². The van der Waals surface area contributed by atoms with Gasteiger partial charge in [-0.3, -0.25) is 4.79 Å². The standard InChI is InChI=1S/C16H16N4O2S3/c1-9-6-4-5-7-12(9)20-16(23)25-15(18-20)24-11(3)14(21)17-13-8-10(2)22-19-13/h4-8,11H,1-3H3,(H,17,19,21)/t11-/m0/s1. The lowest BCUT2D eigenvalue weighted by Gasteiger charge is -2.08. The fourth-order valence-electron chi connectivity index (χ4n) is 2.12. The minimum Gasteiger partial charge on any atom is -0.360 e. The van der Waals surface area contributed by atoms with Crippen molar-refractivity contribution in [3.05, 3.63) is 45.6 Å². The van der Waals surface area contributed by atoms with E-state index in [0.29, 0.717) is 15.5 Å². The van der Waals surface area contributed by atoms with Crippen LogP contribution in [0.1, 0.15) is 18.2 Å². The molecule has 2 aromatic heterocycles. The highest BCUT2D eigenvalue weighted by Gasteiger charge is 2.19. The van der Waals surface area contributed by atoms with E-state index >= 15 is 0 Å². The first kappa shape index (κ1) is 17.8. The second-order valence-corrected chi connectivity index (χ2v) is 8.61. The Kier molecular flexibility index (Phi) is 5.36. The van der Waals surface area contributed by atoms with Gasteiger partial charge in [0.1, 0.15) is 5.76 Å². The molecular formula is C16H16N4O2S3. The molecule has 0 aliphatic carbocycles. The molecule has 0 spiro atoms. The molecule has 0 radical (unpaired) electrons. The van der Waals surface area contributed by atoms with E-state index in [4.69, 9.17) is 16.7 Å². The molecule has 1 atom stereocenters. The number of anilines is 1. The van der Waals surface area contributed by atoms with Gasteiger partial charge < -0.3 is 9.84 Å². The molecule has 0 bridgehead atoms. The molecule has 6 nitrogen and oxygen atoms in total. The number of carbonyl (C=O) groups excluding carboxylic acids is 1. The number of rotatable bonds is 5. The second kappa shape index (κ2) is 7.51. The van der Waals surface area contributed by atoms with E-state index in [2.05, 4.69) is 15.6 Å². The van der Waals surface area contributed by atoms with Crippen molar-refractivity contribution in [1.29, 1.82) is 0 Å². The highest BCUT2D eigenvalue weighted by molar-refractivity contribution is 8.02. The number of carbonyl (C=O) groups is 1. The first-order chi connectivity index (χ1) is 11.9. The molecule has 0 aliphatic rings. The zero-order valence-corrected chi connectivity index (χ0v) is 16.3. The van der Waals surface area contributed by atoms with Crippen LogP contribution >= 0.6 is 35.3 Å². The summed E-state index contributed by atoms with van der Waals surface area (Å²) in [7, 11) is 0. The van der Waals surface area contributed by atoms with E-state index in [0.717, 1.165) is 15.6 Å². The molecule has 0 aliphatic heterocycles. The quantitative estimate of drug-likeness (QED) is 0.513. The summed E-state index contributed by atoms with van der Waals surface area (Å²) in [6.45, 7) is 5.60. The molecule has 3 aromatic rings. The van der Waals surface area contributed by atoms with Crippen molar-refractivity contribution in [3.8, 4) is 5.69 Å². The zero-order chi connectivity index (χ0) is 18.0. The number of nitrogens with zero attached hydrogens (tertiary/aromatic N) is 3. The topological polar surface area (TPSA) is 73.0 Å². The summed E-state index contributed by atoms with van der Waals surface area (Å²) in [4.78, 5) is 12.3. The van der Waals surface area contributed by atoms with Crippen LogP contribution in [0, 0.1) is 17.8 Å². The van der Waals surface area contributed by atoms with Gasteiger partial charge in [0.25, 0.3) is 0 Å². The van der Waals surface area contributed by atoms with Gasteiger partial charge in [0.05, 0.1) is 10.9 Å². The Hall–Kier alpha value is -1.97. The van der Waals surface area contributed by atoms with E-state index in [1.165, 1.54) is 23.1 Å². The van der Waals surface area contributed by atoms with Gasteiger partial charge in [0.2, 0.25) is 5.91 Å². The molecule has 1 N–H and O–H groups in total. The molecule has 3 rings (SSSR count). The van der Waals surface area contributed by atoms with Gasteiger partial charge in [0.15, 0.2) is 14.1 Å². The summed E-state index contributed by atoms with van der Waals surface area (Å²) >= 11 is 8.18. The van der Waals surface area contributed by atoms with Crippen LogP contribution < -0.4 is 5.32 Å². The fourth-order valence-corrected chi connectivity index (χ4v) is 4.61. The molecule has 130 valence electrons. The van der Waals surface area contributed by atoms with Crippen molar-refractivity contribution in [3.63, 3.8) is 0 Å². The Morgan fingerprint density at radius 1 is 1.40 bits per heavy atom. The maximum Gasteiger partial charge on any atom is 0.238 e. The fraction of sp³-hybridized carbons (Fsp3) is 0.250. The monoisotopic (exact) mass is 392 g/mol. The van der Waals surface area contributed by atoms with Crippen LogP contribution in [0.3, 0.4) is 0 Å². The summed E-state index contributed by atoms with van der Waals surface area (Å²) in [6.07, 6.45) is 0. The Morgan fingerprint density at radius 3 is 2.84 bits per heavy atom. The van der Waals surface area contributed by atoms with Gasteiger partial charge >= 0.3 is 0 Å². The van der Waals surface area contributed by atoms with Crippen LogP contribution in [-0.4, -0.2) is 26.1 Å². The Labute approximate surface area is 158 Å². The Morgan fingerprint density at radius 2 is 2.16 bits per heavy atom. The number of thioether (sulfide) groups is 1. The first-order valence-corrected chi connectivity index (χ1v) is 9.61. The lowest BCUT2D eigenvalue weighted by atomic mass is 10.2. The van der Waals surface area contributed by atoms with Crippen LogP contribution in [0.5, 0.6) is 0 Å². The van der Waals surface area contributed by atoms with Crippen molar-refractivity contribution in [2.45, 2.75) is 30.4 Å². The smallest absolute Gasteiger partial charge is 0.238 e. The number of aryl methyl sites for hydroxylation is 2. The maximum absolute atomic E-state index is 12.3. The predicted octanol–water partition coefficient (Wildman–Crippen LogP) is 4.39. The Bertz CT molecular complexity index is 960. The van der Waals surface area contributed by atoms with Crippen molar-refractivity contribution in [2.75, 3.05) is 5.32 Å². The number of nitrogens with one attached hydrogen (secondary N) is 1. The molecule has 0 saturated carbocycles. The number of para-hydroxylation sites is 1.